The van der Waals surface area contributed by atoms with Crippen molar-refractivity contribution in [2.75, 3.05) is 37.6 Å². The first-order valence-electron chi connectivity index (χ1n) is 26.3. The molecule has 2 bridgehead atoms. The van der Waals surface area contributed by atoms with Crippen molar-refractivity contribution in [3.8, 4) is 16.2 Å². The molecule has 2 aromatic heterocycles. The Morgan fingerprint density at radius 1 is 0.890 bits per heavy atom. The molecule has 5 atom stereocenters. The molecule has 17 nitrogen and oxygen atoms in total. The second-order valence-corrected chi connectivity index (χ2v) is 23.8. The van der Waals surface area contributed by atoms with Gasteiger partial charge in [-0.25, -0.2) is 15.0 Å². The summed E-state index contributed by atoms with van der Waals surface area (Å²) >= 11 is 1.51. The number of likely N-dealkylation sites (tertiary alicyclic amines) is 3. The molecule has 5 aliphatic heterocycles. The van der Waals surface area contributed by atoms with Gasteiger partial charge >= 0.3 is 0 Å². The van der Waals surface area contributed by atoms with Gasteiger partial charge in [0.25, 0.3) is 0 Å². The molecule has 18 heteroatoms. The van der Waals surface area contributed by atoms with Crippen LogP contribution in [0.25, 0.3) is 16.1 Å². The Bertz CT molecular complexity index is 2760. The predicted octanol–water partition coefficient (Wildman–Crippen LogP) is 5.09. The highest BCUT2D eigenvalue weighted by atomic mass is 32.1. The topological polar surface area (TPSA) is 217 Å². The number of β-amino-alcohol motifs (C(OH)–C–C–N with tert-alkyl or cyclic N) is 1. The summed E-state index contributed by atoms with van der Waals surface area (Å²) in [6, 6.07) is 16.3. The first-order valence-corrected chi connectivity index (χ1v) is 27.1. The van der Waals surface area contributed by atoms with E-state index in [1.165, 1.54) is 27.5 Å². The molecule has 2 saturated carbocycles. The normalized spacial score (nSPS) is 27.7. The van der Waals surface area contributed by atoms with E-state index in [1.54, 1.807) is 24.0 Å². The number of aromatic nitrogens is 3. The van der Waals surface area contributed by atoms with Gasteiger partial charge in [0.05, 0.1) is 40.1 Å². The molecule has 0 radical (unpaired) electrons. The van der Waals surface area contributed by atoms with Crippen LogP contribution in [-0.4, -0.2) is 127 Å². The number of benzene rings is 2. The van der Waals surface area contributed by atoms with E-state index in [0.717, 1.165) is 111 Å². The van der Waals surface area contributed by atoms with Crippen molar-refractivity contribution in [3.05, 3.63) is 107 Å². The number of anilines is 1. The lowest BCUT2D eigenvalue weighted by Crippen LogP contribution is -2.62. The van der Waals surface area contributed by atoms with Crippen molar-refractivity contribution in [1.29, 1.82) is 0 Å². The van der Waals surface area contributed by atoms with Gasteiger partial charge in [-0.1, -0.05) is 45.0 Å². The minimum atomic E-state index is -0.879. The Morgan fingerprint density at radius 2 is 1.59 bits per heavy atom. The third-order valence-corrected chi connectivity index (χ3v) is 18.1. The summed E-state index contributed by atoms with van der Waals surface area (Å²) in [5, 5.41) is 27.2. The van der Waals surface area contributed by atoms with Crippen LogP contribution in [0.2, 0.25) is 0 Å². The Kier molecular flexibility index (Phi) is 13.1. The third-order valence-electron chi connectivity index (χ3n) is 17.1. The Morgan fingerprint density at radius 3 is 2.25 bits per heavy atom. The standard InChI is InChI=1S/C55H70N12O5S/c1-32-48(73-31-60-32)36-25-57-47(58-26-36)27-59-52(71)45-19-41(68)30-66(45)53(72)49(54(2,3)4)61-51(70)35-21-55(22-35)23-40(24-55)64-17-15-34(16-18-64)33-9-11-37(12-10-33)67-38-13-14-39(67)29-65(28-38)44-20-43(62-63-50(44)56)42-7-5-6-8-46(42)69/h5-12,20,25-26,31,34-35,38-41,45,49,62-63,68-69H,13-19,21-24,27-30,56H2,1-4H3,(H,59,71)(H,61,70)/t35?,38?,39?,40?,41-,45+,49-,55?/m1/s1. The van der Waals surface area contributed by atoms with Gasteiger partial charge in [-0.3, -0.25) is 25.2 Å². The van der Waals surface area contributed by atoms with Crippen LogP contribution in [0.15, 0.2) is 84.0 Å². The van der Waals surface area contributed by atoms with Crippen molar-refractivity contribution in [2.45, 2.75) is 134 Å². The number of aliphatic hydroxyl groups is 1. The summed E-state index contributed by atoms with van der Waals surface area (Å²) in [6.07, 6.45) is 13.2. The largest absolute Gasteiger partial charge is 0.507 e. The first kappa shape index (κ1) is 49.0. The molecule has 4 saturated heterocycles. The number of piperidine rings is 1. The molecule has 7 heterocycles. The molecule has 73 heavy (non-hydrogen) atoms. The zero-order chi connectivity index (χ0) is 50.8. The molecule has 2 aliphatic carbocycles. The number of rotatable bonds is 12. The van der Waals surface area contributed by atoms with Gasteiger partial charge in [0.15, 0.2) is 0 Å². The number of piperazine rings is 1. The van der Waals surface area contributed by atoms with E-state index < -0.39 is 29.5 Å². The van der Waals surface area contributed by atoms with Crippen molar-refractivity contribution in [3.63, 3.8) is 0 Å². The van der Waals surface area contributed by atoms with E-state index in [9.17, 15) is 24.6 Å². The van der Waals surface area contributed by atoms with Crippen molar-refractivity contribution >= 4 is 40.4 Å². The van der Waals surface area contributed by atoms with Crippen LogP contribution >= 0.6 is 11.3 Å². The fourth-order valence-corrected chi connectivity index (χ4v) is 13.9. The second-order valence-electron chi connectivity index (χ2n) is 23.0. The van der Waals surface area contributed by atoms with Gasteiger partial charge in [0.1, 0.15) is 29.5 Å². The van der Waals surface area contributed by atoms with Crippen molar-refractivity contribution in [2.24, 2.45) is 22.5 Å². The number of carbonyl (C=O) groups is 3. The highest BCUT2D eigenvalue weighted by Gasteiger charge is 2.57. The molecule has 3 amide bonds. The number of fused-ring (bicyclic) bond motifs is 2. The van der Waals surface area contributed by atoms with Crippen LogP contribution in [0.5, 0.6) is 5.75 Å². The van der Waals surface area contributed by atoms with Crippen LogP contribution in [0.3, 0.4) is 0 Å². The molecule has 386 valence electrons. The number of carbonyl (C=O) groups excluding carboxylic acids is 3. The molecule has 8 N–H and O–H groups in total. The number of amides is 3. The van der Waals surface area contributed by atoms with Crippen molar-refractivity contribution in [1.82, 2.24) is 51.1 Å². The maximum Gasteiger partial charge on any atom is 0.246 e. The van der Waals surface area contributed by atoms with Crippen LogP contribution < -0.4 is 32.1 Å². The number of phenols is 1. The average Bonchev–Trinajstić information content (AvgIpc) is 4.05. The third kappa shape index (κ3) is 9.73. The number of thiazole rings is 1. The number of aryl methyl sites for hydroxylation is 1. The van der Waals surface area contributed by atoms with Gasteiger partial charge in [0, 0.05) is 79.3 Å². The summed E-state index contributed by atoms with van der Waals surface area (Å²) in [6.45, 7) is 11.7. The number of aliphatic hydroxyl groups excluding tert-OH is 1. The van der Waals surface area contributed by atoms with Gasteiger partial charge < -0.3 is 46.2 Å². The van der Waals surface area contributed by atoms with E-state index in [1.807, 2.05) is 52.0 Å². The average molecular weight is 1010 g/mol. The van der Waals surface area contributed by atoms with Gasteiger partial charge in [-0.05, 0) is 124 Å². The molecule has 6 fully saturated rings. The zero-order valence-corrected chi connectivity index (χ0v) is 43.2. The minimum absolute atomic E-state index is 0.0202. The summed E-state index contributed by atoms with van der Waals surface area (Å²) in [7, 11) is 0. The van der Waals surface area contributed by atoms with Gasteiger partial charge in [-0.15, -0.1) is 11.3 Å². The Labute approximate surface area is 431 Å². The fraction of sp³-hybridized carbons (Fsp3) is 0.527. The number of nitrogens with one attached hydrogen (secondary N) is 4. The minimum Gasteiger partial charge on any atom is -0.507 e. The lowest BCUT2D eigenvalue weighted by atomic mass is 9.49. The zero-order valence-electron chi connectivity index (χ0n) is 42.4. The number of nitrogens with zero attached hydrogens (tertiary/aromatic N) is 7. The lowest BCUT2D eigenvalue weighted by Gasteiger charge is -2.60. The molecule has 11 rings (SSSR count). The number of hydrogen-bond donors (Lipinski definition) is 7. The van der Waals surface area contributed by atoms with Gasteiger partial charge in [0.2, 0.25) is 17.7 Å². The van der Waals surface area contributed by atoms with E-state index >= 15 is 0 Å². The fourth-order valence-electron chi connectivity index (χ4n) is 13.1. The quantitative estimate of drug-likeness (QED) is 0.0985. The number of phenolic OH excluding ortho intramolecular Hbond substituents is 1. The molecule has 2 unspecified atom stereocenters. The van der Waals surface area contributed by atoms with E-state index in [2.05, 4.69) is 75.4 Å². The number of hydrazine groups is 1. The predicted molar refractivity (Wildman–Crippen MR) is 280 cm³/mol. The summed E-state index contributed by atoms with van der Waals surface area (Å²) in [4.78, 5) is 65.0. The van der Waals surface area contributed by atoms with E-state index in [0.29, 0.717) is 35.7 Å². The van der Waals surface area contributed by atoms with Crippen molar-refractivity contribution < 1.29 is 24.6 Å². The first-order chi connectivity index (χ1) is 35.1. The van der Waals surface area contributed by atoms with Crippen LogP contribution in [0.1, 0.15) is 107 Å². The maximum absolute atomic E-state index is 14.3. The monoisotopic (exact) mass is 1010 g/mol. The summed E-state index contributed by atoms with van der Waals surface area (Å²) in [5.74, 6) is 0.791. The number of aromatic hydroxyl groups is 1. The second kappa shape index (κ2) is 19.6. The molecular formula is C55H70N12O5S. The van der Waals surface area contributed by atoms with Gasteiger partial charge in [-0.2, -0.15) is 0 Å². The highest BCUT2D eigenvalue weighted by Crippen LogP contribution is 2.60. The molecular weight excluding hydrogens is 941 g/mol. The number of allylic oxidation sites excluding steroid dienone is 1. The Hall–Kier alpha value is -6.24. The lowest BCUT2D eigenvalue weighted by molar-refractivity contribution is -0.150. The maximum atomic E-state index is 14.3. The molecule has 2 aromatic carbocycles. The SMILES string of the molecule is Cc1ncsc1-c1cnc(CNC(=O)[C@@H]2C[C@@H](O)CN2C(=O)[C@@H](NC(=O)C2CC3(C2)CC(N2CCC(c4ccc(N5C6CCC5CN(C5=C(N)NNC(c7ccccc7O)=C5)C6)cc4)CC2)C3)C(C)(C)C)nc1. The highest BCUT2D eigenvalue weighted by molar-refractivity contribution is 7.13. The Balaban J connectivity index is 0.629. The number of para-hydroxylation sites is 1. The molecule has 4 aromatic rings. The summed E-state index contributed by atoms with van der Waals surface area (Å²) in [5.41, 5.74) is 21.1. The molecule has 7 aliphatic rings. The van der Waals surface area contributed by atoms with Crippen LogP contribution in [-0.2, 0) is 20.9 Å². The number of nitrogens with two attached hydrogens (primary N) is 1. The molecule has 1 spiro atoms. The smallest absolute Gasteiger partial charge is 0.246 e. The van der Waals surface area contributed by atoms with Crippen LogP contribution in [0.4, 0.5) is 5.69 Å². The number of hydrogen-bond acceptors (Lipinski definition) is 15. The summed E-state index contributed by atoms with van der Waals surface area (Å²) < 4.78 is 0. The van der Waals surface area contributed by atoms with Crippen LogP contribution in [0, 0.1) is 23.7 Å². The van der Waals surface area contributed by atoms with E-state index in [-0.39, 0.29) is 48.4 Å². The van der Waals surface area contributed by atoms with E-state index in [4.69, 9.17) is 5.73 Å².